The van der Waals surface area contributed by atoms with Crippen molar-refractivity contribution in [2.75, 3.05) is 0 Å². The van der Waals surface area contributed by atoms with Crippen LogP contribution in [0.25, 0.3) is 65.7 Å². The van der Waals surface area contributed by atoms with Crippen LogP contribution in [-0.4, -0.2) is 0 Å². The van der Waals surface area contributed by atoms with Crippen LogP contribution in [0.2, 0.25) is 0 Å². The number of hydrogen-bond donors (Lipinski definition) is 0. The van der Waals surface area contributed by atoms with Crippen LogP contribution in [0.15, 0.2) is 125 Å². The summed E-state index contributed by atoms with van der Waals surface area (Å²) in [6.07, 6.45) is 0. The van der Waals surface area contributed by atoms with Crippen LogP contribution in [0.5, 0.6) is 0 Å². The summed E-state index contributed by atoms with van der Waals surface area (Å²) in [5, 5.41) is -1.21. The minimum absolute atomic E-state index is 0.0873. The first kappa shape index (κ1) is 8.53. The molecule has 0 radical (unpaired) electrons. The van der Waals surface area contributed by atoms with Crippen LogP contribution in [0.3, 0.4) is 0 Å². The number of benzene rings is 6. The van der Waals surface area contributed by atoms with Crippen molar-refractivity contribution in [3.8, 4) is 22.3 Å². The van der Waals surface area contributed by atoms with Crippen molar-refractivity contribution in [1.29, 1.82) is 0 Å². The predicted octanol–water partition coefficient (Wildman–Crippen LogP) is 9.23. The van der Waals surface area contributed by atoms with Crippen molar-refractivity contribution in [2.45, 2.75) is 0 Å². The zero-order chi connectivity index (χ0) is 35.7. The van der Waals surface area contributed by atoms with Crippen LogP contribution < -0.4 is 0 Å². The Morgan fingerprint density at radius 1 is 0.485 bits per heavy atom. The van der Waals surface area contributed by atoms with Crippen LogP contribution in [-0.2, 0) is 0 Å². The number of furan rings is 1. The highest BCUT2D eigenvalue weighted by molar-refractivity contribution is 6.24. The monoisotopic (exact) mass is 436 g/mol. The Labute approximate surface area is 214 Å². The van der Waals surface area contributed by atoms with Crippen molar-refractivity contribution in [3.05, 3.63) is 121 Å². The molecule has 7 aromatic rings. The predicted molar refractivity (Wildman–Crippen MR) is 140 cm³/mol. The van der Waals surface area contributed by atoms with Gasteiger partial charge in [-0.3, -0.25) is 0 Å². The van der Waals surface area contributed by atoms with Crippen molar-refractivity contribution < 1.29 is 26.3 Å². The van der Waals surface area contributed by atoms with E-state index < -0.39 is 123 Å². The van der Waals surface area contributed by atoms with Gasteiger partial charge in [-0.2, -0.15) is 0 Å². The summed E-state index contributed by atoms with van der Waals surface area (Å²) in [7, 11) is 0. The fourth-order valence-corrected chi connectivity index (χ4v) is 4.23. The lowest BCUT2D eigenvalue weighted by atomic mass is 9.85. The summed E-state index contributed by atoms with van der Waals surface area (Å²) in [4.78, 5) is 0. The maximum atomic E-state index is 9.12. The van der Waals surface area contributed by atoms with Crippen molar-refractivity contribution in [1.82, 2.24) is 0 Å². The molecular formula is C32H20O. The zero-order valence-electron chi connectivity index (χ0n) is 32.7. The molecule has 0 N–H and O–H groups in total. The van der Waals surface area contributed by atoms with Gasteiger partial charge in [-0.05, 0) is 38.7 Å². The summed E-state index contributed by atoms with van der Waals surface area (Å²) < 4.78 is 146. The molecule has 0 aliphatic rings. The van der Waals surface area contributed by atoms with E-state index in [0.29, 0.717) is 5.39 Å². The molecule has 1 aromatic heterocycles. The lowest BCUT2D eigenvalue weighted by Crippen LogP contribution is -1.90. The smallest absolute Gasteiger partial charge is 0.143 e. The standard InChI is InChI=1S/C32H20O/c1-2-11-21(12-3-1)30-23-14-4-6-16-25(23)31(26-17-7-5-15-24(26)30)28-19-10-18-27-22-13-8-9-20-29(22)33-32(27)28/h1-20H/i1D,2D,3D,4D,5D,6D,7D,10D,11D,12D,14D,15D,16D,17D,18D,19D. The van der Waals surface area contributed by atoms with Gasteiger partial charge in [0.15, 0.2) is 0 Å². The summed E-state index contributed by atoms with van der Waals surface area (Å²) >= 11 is 0. The molecule has 1 nitrogen and oxygen atoms in total. The Hall–Kier alpha value is -4.36. The molecule has 0 amide bonds. The van der Waals surface area contributed by atoms with E-state index in [9.17, 15) is 0 Å². The molecule has 154 valence electrons. The molecule has 0 aliphatic carbocycles. The van der Waals surface area contributed by atoms with E-state index in [1.807, 2.05) is 0 Å². The van der Waals surface area contributed by atoms with Gasteiger partial charge in [-0.1, -0.05) is 115 Å². The van der Waals surface area contributed by atoms with Crippen LogP contribution in [0, 0.1) is 0 Å². The Morgan fingerprint density at radius 2 is 1.06 bits per heavy atom. The SMILES string of the molecule is [2H]c1c([2H])c([2H])c(-c2c3c([2H])c([2H])c([2H])c([2H])c3c(-c3c([2H])c([2H])c([2H])c4c3oc3ccccc34)c3c([2H])c([2H])c([2H])c([2H])c23)c([2H])c1[2H]. The summed E-state index contributed by atoms with van der Waals surface area (Å²) in [6, 6.07) is -4.97. The number of rotatable bonds is 2. The van der Waals surface area contributed by atoms with E-state index >= 15 is 0 Å². The third-order valence-corrected chi connectivity index (χ3v) is 5.57. The molecule has 0 unspecified atom stereocenters. The van der Waals surface area contributed by atoms with Gasteiger partial charge in [0.25, 0.3) is 0 Å². The average Bonchev–Trinajstić information content (AvgIpc) is 3.47. The maximum absolute atomic E-state index is 9.12. The first-order chi connectivity index (χ1) is 23.0. The lowest BCUT2D eigenvalue weighted by Gasteiger charge is -2.17. The molecule has 1 heteroatoms. The minimum atomic E-state index is -0.787. The minimum Gasteiger partial charge on any atom is -0.455 e. The molecular weight excluding hydrogens is 400 g/mol. The zero-order valence-corrected chi connectivity index (χ0v) is 16.7. The normalized spacial score (nSPS) is 18.4. The van der Waals surface area contributed by atoms with Crippen LogP contribution >= 0.6 is 0 Å². The van der Waals surface area contributed by atoms with E-state index in [4.69, 9.17) is 26.3 Å². The molecule has 0 spiro atoms. The first-order valence-corrected chi connectivity index (χ1v) is 9.99. The van der Waals surface area contributed by atoms with E-state index in [1.165, 1.54) is 0 Å². The van der Waals surface area contributed by atoms with Gasteiger partial charge in [0.05, 0.1) is 21.9 Å². The second-order valence-electron chi connectivity index (χ2n) is 7.30. The van der Waals surface area contributed by atoms with Gasteiger partial charge < -0.3 is 4.42 Å². The Bertz CT molecular complexity index is 2570. The third kappa shape index (κ3) is 2.66. The second kappa shape index (κ2) is 7.08. The third-order valence-electron chi connectivity index (χ3n) is 5.57. The highest BCUT2D eigenvalue weighted by Crippen LogP contribution is 2.46. The topological polar surface area (TPSA) is 13.1 Å². The average molecular weight is 437 g/mol. The van der Waals surface area contributed by atoms with E-state index in [1.54, 1.807) is 24.3 Å². The molecule has 6 aromatic carbocycles. The highest BCUT2D eigenvalue weighted by Gasteiger charge is 2.19. The molecule has 7 rings (SSSR count). The van der Waals surface area contributed by atoms with E-state index in [0.717, 1.165) is 0 Å². The number of fused-ring (bicyclic) bond motifs is 5. The number of para-hydroxylation sites is 2. The fourth-order valence-electron chi connectivity index (χ4n) is 4.23. The van der Waals surface area contributed by atoms with E-state index in [-0.39, 0.29) is 33.7 Å². The Kier molecular flexibility index (Phi) is 1.83. The van der Waals surface area contributed by atoms with Gasteiger partial charge in [-0.25, -0.2) is 0 Å². The van der Waals surface area contributed by atoms with Crippen molar-refractivity contribution >= 4 is 43.5 Å². The molecule has 0 atom stereocenters. The largest absolute Gasteiger partial charge is 0.455 e. The number of hydrogen-bond acceptors (Lipinski definition) is 1. The second-order valence-corrected chi connectivity index (χ2v) is 7.30. The van der Waals surface area contributed by atoms with Gasteiger partial charge in [0.1, 0.15) is 11.2 Å². The van der Waals surface area contributed by atoms with Crippen LogP contribution in [0.4, 0.5) is 0 Å². The van der Waals surface area contributed by atoms with Gasteiger partial charge in [0.2, 0.25) is 0 Å². The molecule has 0 aliphatic heterocycles. The fraction of sp³-hybridized carbons (Fsp3) is 0. The van der Waals surface area contributed by atoms with E-state index in [2.05, 4.69) is 0 Å². The Morgan fingerprint density at radius 3 is 1.76 bits per heavy atom. The highest BCUT2D eigenvalue weighted by atomic mass is 16.3. The molecule has 1 heterocycles. The van der Waals surface area contributed by atoms with Gasteiger partial charge >= 0.3 is 0 Å². The lowest BCUT2D eigenvalue weighted by molar-refractivity contribution is 0.670. The van der Waals surface area contributed by atoms with Crippen molar-refractivity contribution in [3.63, 3.8) is 0 Å². The van der Waals surface area contributed by atoms with Crippen LogP contribution in [0.1, 0.15) is 21.9 Å². The van der Waals surface area contributed by atoms with Crippen molar-refractivity contribution in [2.24, 2.45) is 0 Å². The quantitative estimate of drug-likeness (QED) is 0.246. The van der Waals surface area contributed by atoms with Gasteiger partial charge in [-0.15, -0.1) is 0 Å². The summed E-state index contributed by atoms with van der Waals surface area (Å²) in [5.74, 6) is 0. The molecule has 33 heavy (non-hydrogen) atoms. The molecule has 0 fully saturated rings. The Balaban J connectivity index is 1.94. The summed E-state index contributed by atoms with van der Waals surface area (Å²) in [5.41, 5.74) is -1.53. The maximum Gasteiger partial charge on any atom is 0.143 e. The van der Waals surface area contributed by atoms with Gasteiger partial charge in [0, 0.05) is 21.9 Å². The first-order valence-electron chi connectivity index (χ1n) is 18.0. The molecule has 0 saturated carbocycles. The molecule has 0 bridgehead atoms. The molecule has 0 saturated heterocycles. The summed E-state index contributed by atoms with van der Waals surface area (Å²) in [6.45, 7) is 0.